The Balaban J connectivity index is 1.35. The van der Waals surface area contributed by atoms with Gasteiger partial charge in [0.1, 0.15) is 37.9 Å². The maximum absolute atomic E-state index is 11.6. The van der Waals surface area contributed by atoms with Crippen LogP contribution in [0.3, 0.4) is 0 Å². The van der Waals surface area contributed by atoms with E-state index in [1.54, 1.807) is 24.5 Å². The number of rotatable bonds is 8. The lowest BCUT2D eigenvalue weighted by atomic mass is 9.96. The summed E-state index contributed by atoms with van der Waals surface area (Å²) in [7, 11) is 0. The van der Waals surface area contributed by atoms with E-state index in [2.05, 4.69) is 33.9 Å². The molecular weight excluding hydrogens is 558 g/mol. The molecule has 5 rings (SSSR count). The highest BCUT2D eigenvalue weighted by Crippen LogP contribution is 2.37. The summed E-state index contributed by atoms with van der Waals surface area (Å²) in [5.41, 5.74) is 5.40. The van der Waals surface area contributed by atoms with E-state index in [1.807, 2.05) is 36.4 Å². The van der Waals surface area contributed by atoms with E-state index in [1.165, 1.54) is 0 Å². The number of ether oxygens (including phenoxy) is 4. The smallest absolute Gasteiger partial charge is 0.161 e. The van der Waals surface area contributed by atoms with Crippen molar-refractivity contribution in [3.8, 4) is 34.1 Å². The van der Waals surface area contributed by atoms with Gasteiger partial charge in [-0.05, 0) is 69.4 Å². The number of benzene rings is 3. The molecule has 4 aromatic rings. The first-order chi connectivity index (χ1) is 18.0. The third kappa shape index (κ3) is 5.73. The van der Waals surface area contributed by atoms with Crippen LogP contribution in [0, 0.1) is 6.92 Å². The van der Waals surface area contributed by atoms with E-state index in [0.29, 0.717) is 48.2 Å². The number of nitrogens with zero attached hydrogens (tertiary/aromatic N) is 1. The van der Waals surface area contributed by atoms with Gasteiger partial charge >= 0.3 is 0 Å². The summed E-state index contributed by atoms with van der Waals surface area (Å²) in [5.74, 6) is 2.32. The van der Waals surface area contributed by atoms with Crippen LogP contribution in [-0.2, 0) is 13.2 Å². The lowest BCUT2D eigenvalue weighted by Gasteiger charge is -2.20. The van der Waals surface area contributed by atoms with Crippen LogP contribution in [0.2, 0.25) is 5.02 Å². The normalized spacial score (nSPS) is 12.2. The highest BCUT2D eigenvalue weighted by molar-refractivity contribution is 9.10. The summed E-state index contributed by atoms with van der Waals surface area (Å²) in [5, 5.41) is 0.333. The van der Waals surface area contributed by atoms with Crippen LogP contribution < -0.4 is 18.9 Å². The Morgan fingerprint density at radius 2 is 1.78 bits per heavy atom. The summed E-state index contributed by atoms with van der Waals surface area (Å²) < 4.78 is 24.3. The van der Waals surface area contributed by atoms with Gasteiger partial charge in [0.05, 0.1) is 10.6 Å². The van der Waals surface area contributed by atoms with Gasteiger partial charge in [0.25, 0.3) is 0 Å². The van der Waals surface area contributed by atoms with Crippen LogP contribution in [0.4, 0.5) is 0 Å². The SMILES string of the molecule is Cc1c(COc2cc(OCc3cncc(Br)c3)c(C=O)cc2Cl)cccc1-c1ccc2c(c1)OCCO2. The molecule has 0 unspecified atom stereocenters. The largest absolute Gasteiger partial charge is 0.488 e. The minimum absolute atomic E-state index is 0.241. The molecule has 0 bridgehead atoms. The number of pyridine rings is 1. The summed E-state index contributed by atoms with van der Waals surface area (Å²) in [4.78, 5) is 15.8. The Hall–Kier alpha value is -3.55. The van der Waals surface area contributed by atoms with Gasteiger partial charge in [-0.3, -0.25) is 9.78 Å². The molecule has 0 saturated carbocycles. The van der Waals surface area contributed by atoms with E-state index in [4.69, 9.17) is 30.5 Å². The number of carbonyl (C=O) groups is 1. The first kappa shape index (κ1) is 25.1. The third-order valence-electron chi connectivity index (χ3n) is 6.03. The predicted octanol–water partition coefficient (Wildman–Crippen LogP) is 7.21. The molecule has 0 amide bonds. The molecule has 0 aliphatic carbocycles. The molecule has 6 nitrogen and oxygen atoms in total. The predicted molar refractivity (Wildman–Crippen MR) is 145 cm³/mol. The quantitative estimate of drug-likeness (QED) is 0.205. The van der Waals surface area contributed by atoms with E-state index in [-0.39, 0.29) is 6.61 Å². The molecule has 0 spiro atoms. The lowest BCUT2D eigenvalue weighted by Crippen LogP contribution is -2.15. The second kappa shape index (κ2) is 11.2. The fraction of sp³-hybridized carbons (Fsp3) is 0.172. The van der Waals surface area contributed by atoms with Gasteiger partial charge in [-0.1, -0.05) is 35.9 Å². The molecule has 1 aliphatic heterocycles. The zero-order valence-electron chi connectivity index (χ0n) is 20.0. The molecule has 0 radical (unpaired) electrons. The van der Waals surface area contributed by atoms with E-state index in [0.717, 1.165) is 43.8 Å². The average Bonchev–Trinajstić information content (AvgIpc) is 2.92. The summed E-state index contributed by atoms with van der Waals surface area (Å²) in [6, 6.07) is 17.1. The van der Waals surface area contributed by atoms with Crippen molar-refractivity contribution in [3.63, 3.8) is 0 Å². The molecule has 8 heteroatoms. The Morgan fingerprint density at radius 1 is 0.973 bits per heavy atom. The van der Waals surface area contributed by atoms with Crippen molar-refractivity contribution in [1.29, 1.82) is 0 Å². The molecule has 0 N–H and O–H groups in total. The maximum atomic E-state index is 11.6. The highest BCUT2D eigenvalue weighted by atomic mass is 79.9. The Kier molecular flexibility index (Phi) is 7.63. The molecule has 1 aromatic heterocycles. The van der Waals surface area contributed by atoms with E-state index >= 15 is 0 Å². The van der Waals surface area contributed by atoms with Crippen LogP contribution in [0.25, 0.3) is 11.1 Å². The fourth-order valence-electron chi connectivity index (χ4n) is 4.09. The van der Waals surface area contributed by atoms with Gasteiger partial charge in [0.15, 0.2) is 17.8 Å². The van der Waals surface area contributed by atoms with Gasteiger partial charge in [0.2, 0.25) is 0 Å². The summed E-state index contributed by atoms with van der Waals surface area (Å²) >= 11 is 9.84. The zero-order chi connectivity index (χ0) is 25.8. The average molecular weight is 581 g/mol. The minimum atomic E-state index is 0.241. The van der Waals surface area contributed by atoms with Gasteiger partial charge in [-0.2, -0.15) is 0 Å². The summed E-state index contributed by atoms with van der Waals surface area (Å²) in [6.45, 7) is 3.69. The molecule has 2 heterocycles. The van der Waals surface area contributed by atoms with E-state index in [9.17, 15) is 4.79 Å². The Morgan fingerprint density at radius 3 is 2.59 bits per heavy atom. The van der Waals surface area contributed by atoms with Crippen molar-refractivity contribution in [2.75, 3.05) is 13.2 Å². The van der Waals surface area contributed by atoms with E-state index < -0.39 is 0 Å². The molecule has 3 aromatic carbocycles. The minimum Gasteiger partial charge on any atom is -0.488 e. The Bertz CT molecular complexity index is 1460. The van der Waals surface area contributed by atoms with Crippen molar-refractivity contribution < 1.29 is 23.7 Å². The number of aromatic nitrogens is 1. The van der Waals surface area contributed by atoms with Crippen molar-refractivity contribution in [1.82, 2.24) is 4.98 Å². The number of hydrogen-bond acceptors (Lipinski definition) is 6. The highest BCUT2D eigenvalue weighted by Gasteiger charge is 2.16. The first-order valence-corrected chi connectivity index (χ1v) is 12.8. The van der Waals surface area contributed by atoms with Crippen LogP contribution in [-0.4, -0.2) is 24.5 Å². The molecule has 0 saturated heterocycles. The standard InChI is InChI=1S/C29H23BrClNO5/c1-18-21(3-2-4-24(18)20-5-6-26-29(11-20)35-8-7-34-26)17-37-28-12-27(22(15-33)10-25(28)31)36-16-19-9-23(30)14-32-13-19/h2-6,9-15H,7-8,16-17H2,1H3. The topological polar surface area (TPSA) is 66.9 Å². The Labute approximate surface area is 228 Å². The fourth-order valence-corrected chi connectivity index (χ4v) is 4.73. The second-order valence-corrected chi connectivity index (χ2v) is 9.80. The molecule has 37 heavy (non-hydrogen) atoms. The van der Waals surface area contributed by atoms with Crippen LogP contribution >= 0.6 is 27.5 Å². The molecule has 0 atom stereocenters. The van der Waals surface area contributed by atoms with Gasteiger partial charge in [0, 0.05) is 28.5 Å². The van der Waals surface area contributed by atoms with Gasteiger partial charge in [-0.25, -0.2) is 0 Å². The van der Waals surface area contributed by atoms with Gasteiger partial charge < -0.3 is 18.9 Å². The maximum Gasteiger partial charge on any atom is 0.161 e. The number of aldehydes is 1. The first-order valence-electron chi connectivity index (χ1n) is 11.6. The van der Waals surface area contributed by atoms with Crippen LogP contribution in [0.5, 0.6) is 23.0 Å². The molecule has 188 valence electrons. The zero-order valence-corrected chi connectivity index (χ0v) is 22.3. The second-order valence-electron chi connectivity index (χ2n) is 8.48. The summed E-state index contributed by atoms with van der Waals surface area (Å²) in [6.07, 6.45) is 4.11. The van der Waals surface area contributed by atoms with Crippen molar-refractivity contribution >= 4 is 33.8 Å². The van der Waals surface area contributed by atoms with Crippen LogP contribution in [0.15, 0.2) is 71.5 Å². The lowest BCUT2D eigenvalue weighted by molar-refractivity contribution is 0.111. The number of halogens is 2. The van der Waals surface area contributed by atoms with Crippen molar-refractivity contribution in [3.05, 3.63) is 98.7 Å². The monoisotopic (exact) mass is 579 g/mol. The van der Waals surface area contributed by atoms with Crippen molar-refractivity contribution in [2.45, 2.75) is 20.1 Å². The van der Waals surface area contributed by atoms with Gasteiger partial charge in [-0.15, -0.1) is 0 Å². The number of fused-ring (bicyclic) bond motifs is 1. The molecule has 0 fully saturated rings. The third-order valence-corrected chi connectivity index (χ3v) is 6.76. The number of carbonyl (C=O) groups excluding carboxylic acids is 1. The van der Waals surface area contributed by atoms with Crippen LogP contribution in [0.1, 0.15) is 27.0 Å². The molecular formula is C29H23BrClNO5. The number of hydrogen-bond donors (Lipinski definition) is 0. The van der Waals surface area contributed by atoms with Crippen molar-refractivity contribution in [2.24, 2.45) is 0 Å². The molecule has 1 aliphatic rings.